The zero-order chi connectivity index (χ0) is 25.3. The van der Waals surface area contributed by atoms with Gasteiger partial charge in [-0.05, 0) is 42.0 Å². The van der Waals surface area contributed by atoms with Crippen LogP contribution >= 0.6 is 43.6 Å². The van der Waals surface area contributed by atoms with Gasteiger partial charge in [-0.3, -0.25) is 4.79 Å². The summed E-state index contributed by atoms with van der Waals surface area (Å²) in [5, 5.41) is 12.6. The van der Waals surface area contributed by atoms with Gasteiger partial charge in [0.2, 0.25) is 0 Å². The number of aromatic hydroxyl groups is 1. The van der Waals surface area contributed by atoms with Crippen LogP contribution in [-0.2, 0) is 20.4 Å². The number of hydrogen-bond acceptors (Lipinski definition) is 7. The van der Waals surface area contributed by atoms with Crippen LogP contribution < -0.4 is 14.8 Å². The number of nitrogens with one attached hydrogen (secondary N) is 1. The number of benzene rings is 3. The van der Waals surface area contributed by atoms with E-state index in [1.54, 1.807) is 24.3 Å². The topological polar surface area (TPSA) is 102 Å². The molecule has 0 saturated heterocycles. The Hall–Kier alpha value is -2.47. The van der Waals surface area contributed by atoms with Crippen molar-refractivity contribution in [2.45, 2.75) is 15.5 Å². The molecule has 11 heteroatoms. The van der Waals surface area contributed by atoms with Crippen molar-refractivity contribution in [1.82, 2.24) is 0 Å². The lowest BCUT2D eigenvalue weighted by Gasteiger charge is -2.20. The van der Waals surface area contributed by atoms with Crippen LogP contribution in [0, 0.1) is 0 Å². The summed E-state index contributed by atoms with van der Waals surface area (Å²) in [6, 6.07) is 12.9. The van der Waals surface area contributed by atoms with Crippen molar-refractivity contribution in [3.05, 3.63) is 73.5 Å². The highest BCUT2D eigenvalue weighted by molar-refractivity contribution is 9.11. The molecule has 2 N–H and O–H groups in total. The van der Waals surface area contributed by atoms with Crippen molar-refractivity contribution in [3.8, 4) is 17.2 Å². The molecule has 0 unspecified atom stereocenters. The molecule has 3 aromatic carbocycles. The van der Waals surface area contributed by atoms with Gasteiger partial charge in [0.15, 0.2) is 9.84 Å². The van der Waals surface area contributed by atoms with Crippen LogP contribution in [0.3, 0.4) is 0 Å². The Bertz CT molecular complexity index is 1430. The molecule has 0 atom stereocenters. The van der Waals surface area contributed by atoms with Crippen molar-refractivity contribution in [2.75, 3.05) is 19.5 Å². The van der Waals surface area contributed by atoms with Gasteiger partial charge < -0.3 is 19.9 Å². The number of thioether (sulfide) groups is 1. The minimum absolute atomic E-state index is 0.0322. The minimum atomic E-state index is -3.69. The average molecular weight is 641 g/mol. The Labute approximate surface area is 223 Å². The first-order chi connectivity index (χ1) is 16.6. The second-order valence-electron chi connectivity index (χ2n) is 7.45. The highest BCUT2D eigenvalue weighted by Crippen LogP contribution is 2.43. The number of carbonyl (C=O) groups is 1. The highest BCUT2D eigenvalue weighted by Gasteiger charge is 2.26. The van der Waals surface area contributed by atoms with Crippen LogP contribution in [-0.4, -0.2) is 33.7 Å². The Balaban J connectivity index is 1.67. The first kappa shape index (κ1) is 25.6. The molecular formula is C24H19Br2NO6S2. The molecule has 1 aliphatic rings. The van der Waals surface area contributed by atoms with Crippen LogP contribution in [0.25, 0.3) is 6.08 Å². The van der Waals surface area contributed by atoms with E-state index in [0.717, 1.165) is 0 Å². The minimum Gasteiger partial charge on any atom is -0.508 e. The average Bonchev–Trinajstić information content (AvgIpc) is 2.82. The number of ether oxygens (including phenoxy) is 2. The van der Waals surface area contributed by atoms with Gasteiger partial charge in [0, 0.05) is 26.0 Å². The molecule has 1 heterocycles. The third-order valence-corrected chi connectivity index (χ3v) is 9.43. The fourth-order valence-electron chi connectivity index (χ4n) is 3.47. The third kappa shape index (κ3) is 5.37. The Morgan fingerprint density at radius 3 is 2.26 bits per heavy atom. The predicted molar refractivity (Wildman–Crippen MR) is 143 cm³/mol. The van der Waals surface area contributed by atoms with Crippen LogP contribution in [0.5, 0.6) is 17.2 Å². The van der Waals surface area contributed by atoms with E-state index in [1.807, 2.05) is 6.07 Å². The lowest BCUT2D eigenvalue weighted by Crippen LogP contribution is -2.18. The number of carbonyl (C=O) groups excluding carboxylic acids is 1. The number of sulfone groups is 1. The molecule has 0 aliphatic carbocycles. The summed E-state index contributed by atoms with van der Waals surface area (Å²) in [4.78, 5) is 14.0. The molecule has 0 fully saturated rings. The zero-order valence-corrected chi connectivity index (χ0v) is 23.3. The van der Waals surface area contributed by atoms with E-state index in [1.165, 1.54) is 50.2 Å². The second-order valence-corrected chi connectivity index (χ2v) is 12.2. The van der Waals surface area contributed by atoms with Crippen molar-refractivity contribution >= 4 is 71.1 Å². The molecule has 7 nitrogen and oxygen atoms in total. The molecule has 0 bridgehead atoms. The van der Waals surface area contributed by atoms with Gasteiger partial charge in [0.05, 0.1) is 41.0 Å². The number of fused-ring (bicyclic) bond motifs is 1. The maximum Gasteiger partial charge on any atom is 0.262 e. The van der Waals surface area contributed by atoms with Crippen LogP contribution in [0.2, 0.25) is 0 Å². The highest BCUT2D eigenvalue weighted by atomic mass is 79.9. The van der Waals surface area contributed by atoms with Gasteiger partial charge in [-0.25, -0.2) is 8.42 Å². The third-order valence-electron chi connectivity index (χ3n) is 5.20. The molecule has 4 rings (SSSR count). The lowest BCUT2D eigenvalue weighted by molar-refractivity contribution is -0.112. The molecule has 1 aliphatic heterocycles. The van der Waals surface area contributed by atoms with Crippen molar-refractivity contribution < 1.29 is 27.8 Å². The van der Waals surface area contributed by atoms with Gasteiger partial charge in [0.25, 0.3) is 5.91 Å². The second kappa shape index (κ2) is 10.3. The molecule has 3 aromatic rings. The molecule has 0 aromatic heterocycles. The number of hydrogen-bond donors (Lipinski definition) is 2. The first-order valence-electron chi connectivity index (χ1n) is 10.1. The molecule has 182 valence electrons. The number of amides is 1. The van der Waals surface area contributed by atoms with Crippen molar-refractivity contribution in [2.24, 2.45) is 0 Å². The fourth-order valence-corrected chi connectivity index (χ4v) is 7.47. The van der Waals surface area contributed by atoms with Gasteiger partial charge in [-0.15, -0.1) is 0 Å². The molecule has 35 heavy (non-hydrogen) atoms. The van der Waals surface area contributed by atoms with E-state index in [9.17, 15) is 18.3 Å². The van der Waals surface area contributed by atoms with E-state index in [0.29, 0.717) is 47.1 Å². The van der Waals surface area contributed by atoms with Crippen LogP contribution in [0.15, 0.2) is 72.2 Å². The fraction of sp³-hybridized carbons (Fsp3) is 0.125. The Kier molecular flexibility index (Phi) is 7.51. The number of phenolic OH excluding ortho intramolecular Hbond substituents is 1. The summed E-state index contributed by atoms with van der Waals surface area (Å²) in [5.41, 5.74) is 1.52. The largest absolute Gasteiger partial charge is 0.508 e. The number of phenols is 1. The van der Waals surface area contributed by atoms with E-state index in [-0.39, 0.29) is 16.4 Å². The monoisotopic (exact) mass is 639 g/mol. The zero-order valence-electron chi connectivity index (χ0n) is 18.5. The van der Waals surface area contributed by atoms with E-state index >= 15 is 0 Å². The maximum atomic E-state index is 13.1. The predicted octanol–water partition coefficient (Wildman–Crippen LogP) is 5.99. The van der Waals surface area contributed by atoms with E-state index < -0.39 is 15.7 Å². The van der Waals surface area contributed by atoms with Crippen LogP contribution in [0.1, 0.15) is 11.1 Å². The molecule has 0 spiro atoms. The summed E-state index contributed by atoms with van der Waals surface area (Å²) < 4.78 is 38.3. The molecule has 0 saturated carbocycles. The summed E-state index contributed by atoms with van der Waals surface area (Å²) in [6.45, 7) is 0. The Morgan fingerprint density at radius 1 is 1.03 bits per heavy atom. The molecule has 1 amide bonds. The smallest absolute Gasteiger partial charge is 0.262 e. The SMILES string of the molecule is COc1cc(O)cc(OC)c1C=C1Sc2ccc(S(=O)(=O)Cc3c(Br)cccc3Br)cc2NC1=O. The lowest BCUT2D eigenvalue weighted by atomic mass is 10.1. The number of rotatable bonds is 6. The quantitative estimate of drug-likeness (QED) is 0.319. The summed E-state index contributed by atoms with van der Waals surface area (Å²) >= 11 is 8.01. The van der Waals surface area contributed by atoms with Crippen molar-refractivity contribution in [1.29, 1.82) is 0 Å². The summed E-state index contributed by atoms with van der Waals surface area (Å²) in [6.07, 6.45) is 1.61. The first-order valence-corrected chi connectivity index (χ1v) is 14.1. The van der Waals surface area contributed by atoms with Crippen LogP contribution in [0.4, 0.5) is 5.69 Å². The number of anilines is 1. The normalized spacial score (nSPS) is 14.4. The molecule has 0 radical (unpaired) electrons. The van der Waals surface area contributed by atoms with Crippen molar-refractivity contribution in [3.63, 3.8) is 0 Å². The molecular weight excluding hydrogens is 622 g/mol. The Morgan fingerprint density at radius 2 is 1.66 bits per heavy atom. The van der Waals surface area contributed by atoms with Gasteiger partial charge >= 0.3 is 0 Å². The van der Waals surface area contributed by atoms with E-state index in [4.69, 9.17) is 9.47 Å². The number of methoxy groups -OCH3 is 2. The van der Waals surface area contributed by atoms with E-state index in [2.05, 4.69) is 37.2 Å². The summed E-state index contributed by atoms with van der Waals surface area (Å²) in [7, 11) is -0.780. The standard InChI is InChI=1S/C24H19Br2NO6S2/c1-32-20-8-13(28)9-21(33-2)15(20)11-23-24(29)27-19-10-14(6-7-22(19)34-23)35(30,31)12-16-17(25)4-3-5-18(16)26/h3-11,28H,12H2,1-2H3,(H,27,29). The summed E-state index contributed by atoms with van der Waals surface area (Å²) in [5.74, 6) is 0.0416. The van der Waals surface area contributed by atoms with Gasteiger partial charge in [0.1, 0.15) is 17.2 Å². The van der Waals surface area contributed by atoms with Gasteiger partial charge in [-0.1, -0.05) is 49.7 Å². The van der Waals surface area contributed by atoms with Gasteiger partial charge in [-0.2, -0.15) is 0 Å². The maximum absolute atomic E-state index is 13.1. The number of halogens is 2.